The normalized spacial score (nSPS) is 15.1. The number of ether oxygens (including phenoxy) is 1. The number of nitrogens with zero attached hydrogens (tertiary/aromatic N) is 3. The summed E-state index contributed by atoms with van der Waals surface area (Å²) in [5.41, 5.74) is 5.63. The summed E-state index contributed by atoms with van der Waals surface area (Å²) in [5, 5.41) is 8.90. The molecule has 100 valence electrons. The molecule has 0 aliphatic heterocycles. The highest BCUT2D eigenvalue weighted by molar-refractivity contribution is 7.99. The van der Waals surface area contributed by atoms with E-state index in [2.05, 4.69) is 10.2 Å². The molecular formula is C11H18N4O2S. The lowest BCUT2D eigenvalue weighted by atomic mass is 10.5. The molecule has 0 atom stereocenters. The zero-order valence-corrected chi connectivity index (χ0v) is 11.4. The third-order valence-corrected chi connectivity index (χ3v) is 3.43. The van der Waals surface area contributed by atoms with E-state index in [9.17, 15) is 4.79 Å². The molecule has 0 amide bonds. The zero-order valence-electron chi connectivity index (χ0n) is 10.6. The van der Waals surface area contributed by atoms with E-state index in [1.54, 1.807) is 0 Å². The van der Waals surface area contributed by atoms with Gasteiger partial charge in [0.25, 0.3) is 0 Å². The second-order valence-corrected chi connectivity index (χ2v) is 5.47. The fraction of sp³-hybridized carbons (Fsp3) is 0.727. The number of aromatic nitrogens is 3. The third-order valence-electron chi connectivity index (χ3n) is 2.52. The molecule has 0 aromatic carbocycles. The molecular weight excluding hydrogens is 252 g/mol. The topological polar surface area (TPSA) is 83.0 Å². The molecule has 1 fully saturated rings. The minimum Gasteiger partial charge on any atom is -0.462 e. The molecule has 0 bridgehead atoms. The summed E-state index contributed by atoms with van der Waals surface area (Å²) in [7, 11) is 0. The number of rotatable bonds is 6. The Morgan fingerprint density at radius 1 is 1.56 bits per heavy atom. The van der Waals surface area contributed by atoms with Crippen LogP contribution in [0.5, 0.6) is 0 Å². The fourth-order valence-electron chi connectivity index (χ4n) is 1.66. The second kappa shape index (κ2) is 5.71. The minimum absolute atomic E-state index is 0.0843. The van der Waals surface area contributed by atoms with Crippen molar-refractivity contribution in [1.29, 1.82) is 0 Å². The average molecular weight is 270 g/mol. The maximum Gasteiger partial charge on any atom is 0.316 e. The Morgan fingerprint density at radius 3 is 2.83 bits per heavy atom. The largest absolute Gasteiger partial charge is 0.462 e. The molecule has 1 saturated carbocycles. The van der Waals surface area contributed by atoms with Crippen LogP contribution in [0.25, 0.3) is 0 Å². The van der Waals surface area contributed by atoms with Crippen LogP contribution in [-0.4, -0.2) is 32.6 Å². The summed E-state index contributed by atoms with van der Waals surface area (Å²) in [5.74, 6) is 0.819. The molecule has 2 rings (SSSR count). The highest BCUT2D eigenvalue weighted by Gasteiger charge is 2.29. The van der Waals surface area contributed by atoms with Gasteiger partial charge in [-0.3, -0.25) is 4.79 Å². The van der Waals surface area contributed by atoms with Gasteiger partial charge in [0.2, 0.25) is 0 Å². The summed E-state index contributed by atoms with van der Waals surface area (Å²) in [6, 6.07) is 0.460. The first-order valence-corrected chi connectivity index (χ1v) is 7.06. The quantitative estimate of drug-likeness (QED) is 0.616. The lowest BCUT2D eigenvalue weighted by Crippen LogP contribution is -2.14. The van der Waals surface area contributed by atoms with Gasteiger partial charge in [0.05, 0.1) is 18.4 Å². The van der Waals surface area contributed by atoms with Crippen molar-refractivity contribution in [3.8, 4) is 0 Å². The van der Waals surface area contributed by atoms with Gasteiger partial charge >= 0.3 is 5.97 Å². The number of carbonyl (C=O) groups is 1. The lowest BCUT2D eigenvalue weighted by molar-refractivity contribution is -0.144. The van der Waals surface area contributed by atoms with Crippen molar-refractivity contribution in [2.45, 2.75) is 50.5 Å². The molecule has 0 radical (unpaired) electrons. The Kier molecular flexibility index (Phi) is 4.23. The van der Waals surface area contributed by atoms with Gasteiger partial charge < -0.3 is 15.0 Å². The first-order valence-electron chi connectivity index (χ1n) is 6.08. The fourth-order valence-corrected chi connectivity index (χ4v) is 2.47. The molecule has 0 saturated heterocycles. The van der Waals surface area contributed by atoms with Crippen LogP contribution in [0, 0.1) is 0 Å². The van der Waals surface area contributed by atoms with Crippen molar-refractivity contribution in [3.05, 3.63) is 5.82 Å². The zero-order chi connectivity index (χ0) is 13.1. The second-order valence-electron chi connectivity index (χ2n) is 4.53. The van der Waals surface area contributed by atoms with E-state index in [-0.39, 0.29) is 17.8 Å². The van der Waals surface area contributed by atoms with Crippen LogP contribution in [0.4, 0.5) is 0 Å². The first-order chi connectivity index (χ1) is 8.61. The lowest BCUT2D eigenvalue weighted by Gasteiger charge is -2.09. The van der Waals surface area contributed by atoms with Gasteiger partial charge in [-0.1, -0.05) is 11.8 Å². The number of carbonyl (C=O) groups excluding carboxylic acids is 1. The summed E-state index contributed by atoms with van der Waals surface area (Å²) in [6.07, 6.45) is 2.18. The van der Waals surface area contributed by atoms with Crippen LogP contribution in [0.2, 0.25) is 0 Å². The van der Waals surface area contributed by atoms with Gasteiger partial charge in [-0.05, 0) is 26.7 Å². The molecule has 0 spiro atoms. The van der Waals surface area contributed by atoms with E-state index in [0.717, 1.165) is 23.8 Å². The number of hydrogen-bond acceptors (Lipinski definition) is 6. The van der Waals surface area contributed by atoms with Gasteiger partial charge in [0, 0.05) is 6.04 Å². The maximum absolute atomic E-state index is 11.5. The molecule has 1 aliphatic rings. The predicted molar refractivity (Wildman–Crippen MR) is 68.1 cm³/mol. The summed E-state index contributed by atoms with van der Waals surface area (Å²) in [4.78, 5) is 11.5. The van der Waals surface area contributed by atoms with E-state index in [0.29, 0.717) is 12.6 Å². The Hall–Kier alpha value is -1.08. The van der Waals surface area contributed by atoms with E-state index in [4.69, 9.17) is 10.5 Å². The Balaban J connectivity index is 1.97. The minimum atomic E-state index is -0.227. The van der Waals surface area contributed by atoms with Crippen molar-refractivity contribution >= 4 is 17.7 Å². The predicted octanol–water partition coefficient (Wildman–Crippen LogP) is 1.12. The summed E-state index contributed by atoms with van der Waals surface area (Å²) < 4.78 is 7.13. The Morgan fingerprint density at radius 2 is 2.28 bits per heavy atom. The van der Waals surface area contributed by atoms with Gasteiger partial charge in [0.1, 0.15) is 5.82 Å². The summed E-state index contributed by atoms with van der Waals surface area (Å²) in [6.45, 7) is 4.05. The molecule has 0 unspecified atom stereocenters. The molecule has 1 aromatic rings. The molecule has 1 aromatic heterocycles. The molecule has 1 heterocycles. The highest BCUT2D eigenvalue weighted by atomic mass is 32.2. The van der Waals surface area contributed by atoms with E-state index >= 15 is 0 Å². The molecule has 7 heteroatoms. The van der Waals surface area contributed by atoms with E-state index in [1.807, 2.05) is 18.4 Å². The monoisotopic (exact) mass is 270 g/mol. The molecule has 1 aliphatic carbocycles. The van der Waals surface area contributed by atoms with Crippen molar-refractivity contribution in [2.75, 3.05) is 5.75 Å². The standard InChI is InChI=1S/C11H18N4O2S/c1-7(2)17-10(16)6-18-11-14-13-9(5-12)15(11)8-3-4-8/h7-8H,3-6,12H2,1-2H3. The number of nitrogens with two attached hydrogens (primary N) is 1. The van der Waals surface area contributed by atoms with Crippen LogP contribution >= 0.6 is 11.8 Å². The van der Waals surface area contributed by atoms with Crippen LogP contribution < -0.4 is 5.73 Å². The maximum atomic E-state index is 11.5. The highest BCUT2D eigenvalue weighted by Crippen LogP contribution is 2.38. The van der Waals surface area contributed by atoms with E-state index in [1.165, 1.54) is 11.8 Å². The molecule has 6 nitrogen and oxygen atoms in total. The molecule has 2 N–H and O–H groups in total. The van der Waals surface area contributed by atoms with Crippen LogP contribution in [0.15, 0.2) is 5.16 Å². The van der Waals surface area contributed by atoms with Crippen LogP contribution in [0.3, 0.4) is 0 Å². The Bertz CT molecular complexity index is 429. The number of esters is 1. The van der Waals surface area contributed by atoms with Gasteiger partial charge in [-0.2, -0.15) is 0 Å². The van der Waals surface area contributed by atoms with Gasteiger partial charge in [0.15, 0.2) is 5.16 Å². The SMILES string of the molecule is CC(C)OC(=O)CSc1nnc(CN)n1C1CC1. The third kappa shape index (κ3) is 3.23. The Labute approximate surface area is 110 Å². The summed E-state index contributed by atoms with van der Waals surface area (Å²) >= 11 is 1.36. The van der Waals surface area contributed by atoms with Crippen molar-refractivity contribution < 1.29 is 9.53 Å². The molecule has 18 heavy (non-hydrogen) atoms. The van der Waals surface area contributed by atoms with Crippen molar-refractivity contribution in [1.82, 2.24) is 14.8 Å². The number of hydrogen-bond donors (Lipinski definition) is 1. The van der Waals surface area contributed by atoms with Gasteiger partial charge in [-0.25, -0.2) is 0 Å². The number of thioether (sulfide) groups is 1. The average Bonchev–Trinajstić information content (AvgIpc) is 3.06. The van der Waals surface area contributed by atoms with Crippen molar-refractivity contribution in [3.63, 3.8) is 0 Å². The van der Waals surface area contributed by atoms with Gasteiger partial charge in [-0.15, -0.1) is 10.2 Å². The van der Waals surface area contributed by atoms with E-state index < -0.39 is 0 Å². The van der Waals surface area contributed by atoms with Crippen LogP contribution in [0.1, 0.15) is 38.6 Å². The van der Waals surface area contributed by atoms with Crippen molar-refractivity contribution in [2.24, 2.45) is 5.73 Å². The van der Waals surface area contributed by atoms with Crippen LogP contribution in [-0.2, 0) is 16.1 Å². The smallest absolute Gasteiger partial charge is 0.316 e. The first kappa shape index (κ1) is 13.4.